The summed E-state index contributed by atoms with van der Waals surface area (Å²) in [7, 11) is 0. The van der Waals surface area contributed by atoms with Gasteiger partial charge < -0.3 is 5.73 Å². The molecule has 0 saturated carbocycles. The SMILES string of the molecule is Nc1nnnn1Cc1nnc(SCc2c(F)cccc2Cl)n1-c1ccccc1. The third kappa shape index (κ3) is 3.69. The summed E-state index contributed by atoms with van der Waals surface area (Å²) in [5.41, 5.74) is 7.04. The lowest BCUT2D eigenvalue weighted by atomic mass is 10.2. The second-order valence-electron chi connectivity index (χ2n) is 5.75. The molecule has 0 spiro atoms. The van der Waals surface area contributed by atoms with Gasteiger partial charge in [0, 0.05) is 22.0 Å². The molecule has 11 heteroatoms. The number of nitrogens with two attached hydrogens (primary N) is 1. The predicted molar refractivity (Wildman–Crippen MR) is 104 cm³/mol. The molecule has 4 rings (SSSR count). The van der Waals surface area contributed by atoms with Crippen LogP contribution >= 0.6 is 23.4 Å². The Bertz CT molecular complexity index is 1080. The van der Waals surface area contributed by atoms with E-state index in [2.05, 4.69) is 25.7 Å². The Morgan fingerprint density at radius 3 is 2.57 bits per heavy atom. The van der Waals surface area contributed by atoms with Gasteiger partial charge in [0.2, 0.25) is 5.95 Å². The monoisotopic (exact) mass is 416 g/mol. The molecule has 0 radical (unpaired) electrons. The van der Waals surface area contributed by atoms with Crippen LogP contribution in [0.2, 0.25) is 5.02 Å². The van der Waals surface area contributed by atoms with Crippen LogP contribution in [0.1, 0.15) is 11.4 Å². The fourth-order valence-electron chi connectivity index (χ4n) is 2.60. The molecule has 0 unspecified atom stereocenters. The van der Waals surface area contributed by atoms with Crippen LogP contribution in [0.4, 0.5) is 10.3 Å². The van der Waals surface area contributed by atoms with E-state index in [1.807, 2.05) is 34.9 Å². The van der Waals surface area contributed by atoms with Crippen molar-refractivity contribution in [1.29, 1.82) is 0 Å². The molecule has 142 valence electrons. The summed E-state index contributed by atoms with van der Waals surface area (Å²) in [5.74, 6) is 0.721. The Morgan fingerprint density at radius 2 is 1.86 bits per heavy atom. The lowest BCUT2D eigenvalue weighted by Gasteiger charge is -2.11. The molecular weight excluding hydrogens is 403 g/mol. The van der Waals surface area contributed by atoms with Gasteiger partial charge in [0.25, 0.3) is 0 Å². The molecule has 2 heterocycles. The van der Waals surface area contributed by atoms with Crippen molar-refractivity contribution in [3.8, 4) is 5.69 Å². The zero-order valence-electron chi connectivity index (χ0n) is 14.4. The highest BCUT2D eigenvalue weighted by Crippen LogP contribution is 2.29. The lowest BCUT2D eigenvalue weighted by Crippen LogP contribution is -2.11. The normalized spacial score (nSPS) is 11.1. The van der Waals surface area contributed by atoms with Crippen molar-refractivity contribution in [2.75, 3.05) is 5.73 Å². The van der Waals surface area contributed by atoms with E-state index in [4.69, 9.17) is 17.3 Å². The van der Waals surface area contributed by atoms with Gasteiger partial charge in [-0.2, -0.15) is 0 Å². The van der Waals surface area contributed by atoms with Crippen molar-refractivity contribution in [3.63, 3.8) is 0 Å². The Morgan fingerprint density at radius 1 is 1.04 bits per heavy atom. The highest BCUT2D eigenvalue weighted by atomic mass is 35.5. The van der Waals surface area contributed by atoms with Gasteiger partial charge in [-0.15, -0.1) is 10.2 Å². The fourth-order valence-corrected chi connectivity index (χ4v) is 3.91. The second kappa shape index (κ2) is 7.95. The maximum absolute atomic E-state index is 14.1. The van der Waals surface area contributed by atoms with E-state index in [-0.39, 0.29) is 18.3 Å². The number of hydrogen-bond acceptors (Lipinski definition) is 7. The number of thioether (sulfide) groups is 1. The van der Waals surface area contributed by atoms with Crippen LogP contribution in [0.15, 0.2) is 53.7 Å². The van der Waals surface area contributed by atoms with Crippen LogP contribution in [-0.2, 0) is 12.3 Å². The molecule has 0 amide bonds. The van der Waals surface area contributed by atoms with Gasteiger partial charge in [0.15, 0.2) is 11.0 Å². The molecule has 28 heavy (non-hydrogen) atoms. The summed E-state index contributed by atoms with van der Waals surface area (Å²) < 4.78 is 17.4. The maximum atomic E-state index is 14.1. The van der Waals surface area contributed by atoms with Gasteiger partial charge in [0.1, 0.15) is 12.4 Å². The van der Waals surface area contributed by atoms with Gasteiger partial charge in [-0.25, -0.2) is 9.07 Å². The number of nitrogen functional groups attached to an aromatic ring is 1. The Hall–Kier alpha value is -2.98. The zero-order chi connectivity index (χ0) is 19.5. The third-order valence-electron chi connectivity index (χ3n) is 3.97. The van der Waals surface area contributed by atoms with Crippen molar-refractivity contribution in [2.24, 2.45) is 0 Å². The van der Waals surface area contributed by atoms with Crippen LogP contribution in [-0.4, -0.2) is 35.0 Å². The van der Waals surface area contributed by atoms with Crippen LogP contribution in [0.5, 0.6) is 0 Å². The first-order valence-corrected chi connectivity index (χ1v) is 9.57. The Balaban J connectivity index is 1.68. The van der Waals surface area contributed by atoms with Crippen molar-refractivity contribution in [2.45, 2.75) is 17.5 Å². The summed E-state index contributed by atoms with van der Waals surface area (Å²) in [4.78, 5) is 0. The van der Waals surface area contributed by atoms with Crippen molar-refractivity contribution < 1.29 is 4.39 Å². The molecule has 2 aromatic carbocycles. The smallest absolute Gasteiger partial charge is 0.240 e. The molecule has 0 bridgehead atoms. The summed E-state index contributed by atoms with van der Waals surface area (Å²) in [6, 6.07) is 14.2. The minimum Gasteiger partial charge on any atom is -0.367 e. The first kappa shape index (κ1) is 18.4. The van der Waals surface area contributed by atoms with Crippen LogP contribution in [0.25, 0.3) is 5.69 Å². The molecule has 0 aliphatic rings. The first-order valence-electron chi connectivity index (χ1n) is 8.20. The van der Waals surface area contributed by atoms with Gasteiger partial charge >= 0.3 is 0 Å². The van der Waals surface area contributed by atoms with Crippen LogP contribution < -0.4 is 5.73 Å². The highest BCUT2D eigenvalue weighted by molar-refractivity contribution is 7.98. The molecule has 0 aliphatic heterocycles. The summed E-state index contributed by atoms with van der Waals surface area (Å²) >= 11 is 7.47. The quantitative estimate of drug-likeness (QED) is 0.482. The summed E-state index contributed by atoms with van der Waals surface area (Å²) in [6.45, 7) is 0.238. The average molecular weight is 417 g/mol. The van der Waals surface area contributed by atoms with Gasteiger partial charge in [-0.05, 0) is 34.7 Å². The third-order valence-corrected chi connectivity index (χ3v) is 5.28. The molecule has 0 atom stereocenters. The fraction of sp³-hybridized carbons (Fsp3) is 0.118. The highest BCUT2D eigenvalue weighted by Gasteiger charge is 2.18. The number of tetrazole rings is 1. The van der Waals surface area contributed by atoms with Crippen LogP contribution in [0.3, 0.4) is 0 Å². The molecule has 8 nitrogen and oxygen atoms in total. The maximum Gasteiger partial charge on any atom is 0.240 e. The molecule has 2 aromatic heterocycles. The minimum atomic E-state index is -0.354. The lowest BCUT2D eigenvalue weighted by molar-refractivity contribution is 0.617. The van der Waals surface area contributed by atoms with Crippen molar-refractivity contribution in [3.05, 3.63) is 70.8 Å². The van der Waals surface area contributed by atoms with Crippen molar-refractivity contribution in [1.82, 2.24) is 35.0 Å². The Kier molecular flexibility index (Phi) is 5.22. The van der Waals surface area contributed by atoms with E-state index in [0.29, 0.717) is 27.3 Å². The number of halogens is 2. The minimum absolute atomic E-state index is 0.176. The number of anilines is 1. The van der Waals surface area contributed by atoms with E-state index in [1.165, 1.54) is 22.5 Å². The van der Waals surface area contributed by atoms with Crippen molar-refractivity contribution >= 4 is 29.3 Å². The number of rotatable bonds is 6. The summed E-state index contributed by atoms with van der Waals surface area (Å²) in [6.07, 6.45) is 0. The molecule has 0 saturated heterocycles. The van der Waals surface area contributed by atoms with Crippen LogP contribution in [0, 0.1) is 5.82 Å². The van der Waals surface area contributed by atoms with Gasteiger partial charge in [-0.3, -0.25) is 4.57 Å². The zero-order valence-corrected chi connectivity index (χ0v) is 16.0. The summed E-state index contributed by atoms with van der Waals surface area (Å²) in [5, 5.41) is 20.6. The standard InChI is InChI=1S/C17H14ClFN8S/c18-13-7-4-8-14(19)12(13)10-28-17-23-21-15(9-26-16(20)22-24-25-26)27(17)11-5-2-1-3-6-11/h1-8H,9-10H2,(H2,20,22,25). The number of aromatic nitrogens is 7. The molecule has 0 aliphatic carbocycles. The second-order valence-corrected chi connectivity index (χ2v) is 7.10. The molecule has 0 fully saturated rings. The van der Waals surface area contributed by atoms with Gasteiger partial charge in [-0.1, -0.05) is 52.7 Å². The van der Waals surface area contributed by atoms with E-state index in [9.17, 15) is 4.39 Å². The van der Waals surface area contributed by atoms with E-state index >= 15 is 0 Å². The Labute approximate surface area is 168 Å². The largest absolute Gasteiger partial charge is 0.367 e. The van der Waals surface area contributed by atoms with E-state index in [1.54, 1.807) is 12.1 Å². The molecule has 2 N–H and O–H groups in total. The van der Waals surface area contributed by atoms with Gasteiger partial charge in [0.05, 0.1) is 0 Å². The topological polar surface area (TPSA) is 100 Å². The number of hydrogen-bond donors (Lipinski definition) is 1. The predicted octanol–water partition coefficient (Wildman–Crippen LogP) is 2.97. The number of para-hydroxylation sites is 1. The average Bonchev–Trinajstić information content (AvgIpc) is 3.29. The van der Waals surface area contributed by atoms with E-state index in [0.717, 1.165) is 5.69 Å². The van der Waals surface area contributed by atoms with E-state index < -0.39 is 0 Å². The number of benzene rings is 2. The molecular formula is C17H14ClFN8S. The first-order chi connectivity index (χ1) is 13.6. The molecule has 4 aromatic rings. The number of nitrogens with zero attached hydrogens (tertiary/aromatic N) is 7.